The average Bonchev–Trinajstić information content (AvgIpc) is 2.62. The summed E-state index contributed by atoms with van der Waals surface area (Å²) in [5.41, 5.74) is 2.40. The van der Waals surface area contributed by atoms with Gasteiger partial charge in [0, 0.05) is 17.1 Å². The molecule has 0 saturated heterocycles. The molecule has 2 aromatic rings. The minimum atomic E-state index is -0.551. The first-order chi connectivity index (χ1) is 12.0. The monoisotopic (exact) mass is 405 g/mol. The van der Waals surface area contributed by atoms with Crippen molar-refractivity contribution in [1.29, 1.82) is 0 Å². The third-order valence-corrected chi connectivity index (χ3v) is 4.78. The third kappa shape index (κ3) is 6.14. The molecule has 0 aliphatic rings. The summed E-state index contributed by atoms with van der Waals surface area (Å²) in [7, 11) is 0. The fourth-order valence-electron chi connectivity index (χ4n) is 2.81. The zero-order chi connectivity index (χ0) is 18.2. The second-order valence-electron chi connectivity index (χ2n) is 6.58. The number of nitrogens with one attached hydrogen (secondary N) is 1. The van der Waals surface area contributed by atoms with Gasteiger partial charge in [0.05, 0.1) is 0 Å². The van der Waals surface area contributed by atoms with Crippen molar-refractivity contribution >= 4 is 15.9 Å². The molecular formula is C21H28BrNO2. The molecule has 2 N–H and O–H groups in total. The summed E-state index contributed by atoms with van der Waals surface area (Å²) >= 11 is 3.46. The van der Waals surface area contributed by atoms with E-state index < -0.39 is 6.10 Å². The number of hydrogen-bond donors (Lipinski definition) is 2. The fourth-order valence-corrected chi connectivity index (χ4v) is 3.07. The van der Waals surface area contributed by atoms with Gasteiger partial charge in [0.25, 0.3) is 0 Å². The molecule has 0 radical (unpaired) electrons. The summed E-state index contributed by atoms with van der Waals surface area (Å²) < 4.78 is 6.92. The molecule has 0 bridgehead atoms. The first-order valence-corrected chi connectivity index (χ1v) is 9.69. The maximum absolute atomic E-state index is 10.3. The van der Waals surface area contributed by atoms with E-state index in [0.29, 0.717) is 12.5 Å². The van der Waals surface area contributed by atoms with Crippen molar-refractivity contribution < 1.29 is 9.84 Å². The lowest BCUT2D eigenvalue weighted by Gasteiger charge is -2.21. The number of ether oxygens (including phenoxy) is 1. The van der Waals surface area contributed by atoms with Crippen LogP contribution in [0.15, 0.2) is 53.0 Å². The molecular weight excluding hydrogens is 378 g/mol. The van der Waals surface area contributed by atoms with Crippen LogP contribution in [0.25, 0.3) is 0 Å². The lowest BCUT2D eigenvalue weighted by molar-refractivity contribution is 0.103. The predicted octanol–water partition coefficient (Wildman–Crippen LogP) is 5.05. The Kier molecular flexibility index (Phi) is 7.94. The molecule has 0 aliphatic heterocycles. The maximum Gasteiger partial charge on any atom is 0.122 e. The standard InChI is InChI=1S/C21H28BrNO2/c1-4-20(16-9-11-17(22)12-10-16)23-13-18(24)14-25-21-8-6-5-7-19(21)15(2)3/h5-12,15,18,20,23-24H,4,13-14H2,1-3H3/t18-,20+/m0/s1. The topological polar surface area (TPSA) is 41.5 Å². The Morgan fingerprint density at radius 2 is 1.76 bits per heavy atom. The minimum absolute atomic E-state index is 0.228. The van der Waals surface area contributed by atoms with Crippen molar-refractivity contribution in [3.05, 3.63) is 64.1 Å². The molecule has 0 spiro atoms. The molecule has 0 unspecified atom stereocenters. The van der Waals surface area contributed by atoms with Gasteiger partial charge in [-0.3, -0.25) is 0 Å². The maximum atomic E-state index is 10.3. The molecule has 0 heterocycles. The van der Waals surface area contributed by atoms with Crippen LogP contribution in [0.2, 0.25) is 0 Å². The van der Waals surface area contributed by atoms with E-state index in [1.165, 1.54) is 11.1 Å². The van der Waals surface area contributed by atoms with Crippen LogP contribution < -0.4 is 10.1 Å². The van der Waals surface area contributed by atoms with E-state index >= 15 is 0 Å². The Bertz CT molecular complexity index is 643. The summed E-state index contributed by atoms with van der Waals surface area (Å²) in [6.45, 7) is 7.21. The van der Waals surface area contributed by atoms with Crippen LogP contribution in [0.5, 0.6) is 5.75 Å². The molecule has 4 heteroatoms. The number of halogens is 1. The average molecular weight is 406 g/mol. The van der Waals surface area contributed by atoms with Gasteiger partial charge in [-0.25, -0.2) is 0 Å². The van der Waals surface area contributed by atoms with E-state index in [-0.39, 0.29) is 12.6 Å². The van der Waals surface area contributed by atoms with Crippen LogP contribution in [0.4, 0.5) is 0 Å². The van der Waals surface area contributed by atoms with E-state index in [2.05, 4.69) is 60.2 Å². The first kappa shape index (κ1) is 20.0. The summed E-state index contributed by atoms with van der Waals surface area (Å²) in [6.07, 6.45) is 0.412. The number of para-hydroxylation sites is 1. The van der Waals surface area contributed by atoms with Crippen molar-refractivity contribution in [2.24, 2.45) is 0 Å². The fraction of sp³-hybridized carbons (Fsp3) is 0.429. The third-order valence-electron chi connectivity index (χ3n) is 4.25. The van der Waals surface area contributed by atoms with Crippen molar-refractivity contribution in [2.75, 3.05) is 13.2 Å². The van der Waals surface area contributed by atoms with Crippen LogP contribution in [-0.4, -0.2) is 24.4 Å². The highest BCUT2D eigenvalue weighted by Crippen LogP contribution is 2.26. The molecule has 3 nitrogen and oxygen atoms in total. The number of aliphatic hydroxyl groups is 1. The second-order valence-corrected chi connectivity index (χ2v) is 7.49. The zero-order valence-electron chi connectivity index (χ0n) is 15.2. The second kappa shape index (κ2) is 9.95. The first-order valence-electron chi connectivity index (χ1n) is 8.89. The van der Waals surface area contributed by atoms with Crippen LogP contribution in [0, 0.1) is 0 Å². The molecule has 0 aromatic heterocycles. The van der Waals surface area contributed by atoms with Crippen LogP contribution >= 0.6 is 15.9 Å². The highest BCUT2D eigenvalue weighted by atomic mass is 79.9. The molecule has 2 rings (SSSR count). The van der Waals surface area contributed by atoms with Crippen molar-refractivity contribution in [3.63, 3.8) is 0 Å². The molecule has 0 fully saturated rings. The molecule has 2 atom stereocenters. The SMILES string of the molecule is CC[C@@H](NC[C@H](O)COc1ccccc1C(C)C)c1ccc(Br)cc1. The summed E-state index contributed by atoms with van der Waals surface area (Å²) in [5.74, 6) is 1.25. The van der Waals surface area contributed by atoms with E-state index in [1.54, 1.807) is 0 Å². The molecule has 0 aliphatic carbocycles. The van der Waals surface area contributed by atoms with Crippen molar-refractivity contribution in [3.8, 4) is 5.75 Å². The van der Waals surface area contributed by atoms with Gasteiger partial charge in [-0.2, -0.15) is 0 Å². The van der Waals surface area contributed by atoms with E-state index in [9.17, 15) is 5.11 Å². The van der Waals surface area contributed by atoms with Gasteiger partial charge in [-0.1, -0.05) is 67.0 Å². The Balaban J connectivity index is 1.85. The van der Waals surface area contributed by atoms with Crippen molar-refractivity contribution in [1.82, 2.24) is 5.32 Å². The van der Waals surface area contributed by atoms with Crippen LogP contribution in [-0.2, 0) is 0 Å². The van der Waals surface area contributed by atoms with E-state index in [0.717, 1.165) is 16.6 Å². The summed E-state index contributed by atoms with van der Waals surface area (Å²) in [5, 5.41) is 13.7. The molecule has 136 valence electrons. The summed E-state index contributed by atoms with van der Waals surface area (Å²) in [4.78, 5) is 0. The minimum Gasteiger partial charge on any atom is -0.491 e. The number of benzene rings is 2. The van der Waals surface area contributed by atoms with Gasteiger partial charge < -0.3 is 15.2 Å². The number of rotatable bonds is 9. The Labute approximate surface area is 159 Å². The normalized spacial score (nSPS) is 13.7. The highest BCUT2D eigenvalue weighted by Gasteiger charge is 2.13. The Morgan fingerprint density at radius 3 is 2.40 bits per heavy atom. The lowest BCUT2D eigenvalue weighted by atomic mass is 10.0. The Hall–Kier alpha value is -1.36. The number of hydrogen-bond acceptors (Lipinski definition) is 3. The molecule has 25 heavy (non-hydrogen) atoms. The lowest BCUT2D eigenvalue weighted by Crippen LogP contribution is -2.33. The van der Waals surface area contributed by atoms with Crippen LogP contribution in [0.3, 0.4) is 0 Å². The van der Waals surface area contributed by atoms with Crippen molar-refractivity contribution in [2.45, 2.75) is 45.3 Å². The van der Waals surface area contributed by atoms with E-state index in [1.807, 2.05) is 30.3 Å². The van der Waals surface area contributed by atoms with E-state index in [4.69, 9.17) is 4.74 Å². The van der Waals surface area contributed by atoms with Gasteiger partial charge in [-0.15, -0.1) is 0 Å². The van der Waals surface area contributed by atoms with Crippen LogP contribution in [0.1, 0.15) is 50.3 Å². The van der Waals surface area contributed by atoms with Gasteiger partial charge in [-0.05, 0) is 41.7 Å². The quantitative estimate of drug-likeness (QED) is 0.612. The van der Waals surface area contributed by atoms with Gasteiger partial charge in [0.15, 0.2) is 0 Å². The van der Waals surface area contributed by atoms with Gasteiger partial charge in [0.2, 0.25) is 0 Å². The predicted molar refractivity (Wildman–Crippen MR) is 107 cm³/mol. The zero-order valence-corrected chi connectivity index (χ0v) is 16.8. The number of aliphatic hydroxyl groups excluding tert-OH is 1. The Morgan fingerprint density at radius 1 is 1.08 bits per heavy atom. The molecule has 2 aromatic carbocycles. The van der Waals surface area contributed by atoms with Gasteiger partial charge in [0.1, 0.15) is 18.5 Å². The summed E-state index contributed by atoms with van der Waals surface area (Å²) in [6, 6.07) is 16.5. The largest absolute Gasteiger partial charge is 0.491 e. The van der Waals surface area contributed by atoms with Gasteiger partial charge >= 0.3 is 0 Å². The smallest absolute Gasteiger partial charge is 0.122 e. The highest BCUT2D eigenvalue weighted by molar-refractivity contribution is 9.10. The molecule has 0 saturated carbocycles. The molecule has 0 amide bonds.